The standard InChI is InChI=1S/C10H19NO2S/c1-3-11-10(9(12)13,7-14-4-2)8-5-6-8/h8,11H,3-7H2,1-2H3,(H,12,13). The number of nitrogens with one attached hydrogen (secondary N) is 1. The molecule has 0 spiro atoms. The van der Waals surface area contributed by atoms with E-state index in [1.807, 2.05) is 6.92 Å². The fourth-order valence-corrected chi connectivity index (χ4v) is 2.77. The topological polar surface area (TPSA) is 49.3 Å². The van der Waals surface area contributed by atoms with Crippen LogP contribution in [-0.2, 0) is 4.79 Å². The highest BCUT2D eigenvalue weighted by atomic mass is 32.2. The van der Waals surface area contributed by atoms with E-state index in [9.17, 15) is 9.90 Å². The van der Waals surface area contributed by atoms with Gasteiger partial charge in [-0.2, -0.15) is 11.8 Å². The average molecular weight is 217 g/mol. The van der Waals surface area contributed by atoms with Gasteiger partial charge in [-0.3, -0.25) is 4.79 Å². The van der Waals surface area contributed by atoms with Crippen LogP contribution in [0.15, 0.2) is 0 Å². The molecular formula is C10H19NO2S. The van der Waals surface area contributed by atoms with Gasteiger partial charge in [-0.25, -0.2) is 0 Å². The van der Waals surface area contributed by atoms with Gasteiger partial charge in [-0.05, 0) is 31.1 Å². The summed E-state index contributed by atoms with van der Waals surface area (Å²) in [4.78, 5) is 11.3. The van der Waals surface area contributed by atoms with E-state index < -0.39 is 11.5 Å². The third kappa shape index (κ3) is 2.42. The highest BCUT2D eigenvalue weighted by molar-refractivity contribution is 7.99. The fourth-order valence-electron chi connectivity index (χ4n) is 1.78. The second-order valence-corrected chi connectivity index (χ2v) is 4.99. The monoisotopic (exact) mass is 217 g/mol. The van der Waals surface area contributed by atoms with E-state index in [2.05, 4.69) is 12.2 Å². The lowest BCUT2D eigenvalue weighted by Gasteiger charge is -2.30. The van der Waals surface area contributed by atoms with Crippen LogP contribution in [0.5, 0.6) is 0 Å². The maximum atomic E-state index is 11.3. The van der Waals surface area contributed by atoms with Crippen LogP contribution in [0.4, 0.5) is 0 Å². The average Bonchev–Trinajstić information content (AvgIpc) is 2.95. The van der Waals surface area contributed by atoms with Gasteiger partial charge in [0.05, 0.1) is 0 Å². The van der Waals surface area contributed by atoms with Gasteiger partial charge in [0.2, 0.25) is 0 Å². The number of thioether (sulfide) groups is 1. The van der Waals surface area contributed by atoms with E-state index in [4.69, 9.17) is 0 Å². The maximum absolute atomic E-state index is 11.3. The Labute approximate surface area is 89.6 Å². The lowest BCUT2D eigenvalue weighted by atomic mass is 9.96. The number of likely N-dealkylation sites (N-methyl/N-ethyl adjacent to an activating group) is 1. The molecule has 0 aromatic heterocycles. The van der Waals surface area contributed by atoms with Gasteiger partial charge in [-0.15, -0.1) is 0 Å². The largest absolute Gasteiger partial charge is 0.480 e. The van der Waals surface area contributed by atoms with Crippen molar-refractivity contribution in [3.05, 3.63) is 0 Å². The first-order valence-corrected chi connectivity index (χ1v) is 6.39. The Hall–Kier alpha value is -0.220. The van der Waals surface area contributed by atoms with Gasteiger partial charge in [0.15, 0.2) is 0 Å². The van der Waals surface area contributed by atoms with E-state index >= 15 is 0 Å². The summed E-state index contributed by atoms with van der Waals surface area (Å²) in [6.07, 6.45) is 2.12. The zero-order valence-corrected chi connectivity index (χ0v) is 9.69. The molecule has 82 valence electrons. The summed E-state index contributed by atoms with van der Waals surface area (Å²) < 4.78 is 0. The van der Waals surface area contributed by atoms with Crippen LogP contribution in [0.3, 0.4) is 0 Å². The summed E-state index contributed by atoms with van der Waals surface area (Å²) in [7, 11) is 0. The summed E-state index contributed by atoms with van der Waals surface area (Å²) in [6, 6.07) is 0. The molecule has 0 heterocycles. The van der Waals surface area contributed by atoms with Crippen molar-refractivity contribution in [3.63, 3.8) is 0 Å². The summed E-state index contributed by atoms with van der Waals surface area (Å²) in [5, 5.41) is 12.5. The molecule has 0 aliphatic heterocycles. The number of carboxylic acid groups (broad SMARTS) is 1. The molecule has 1 aliphatic rings. The predicted octanol–water partition coefficient (Wildman–Crippen LogP) is 1.58. The molecule has 0 amide bonds. The third-order valence-corrected chi connectivity index (χ3v) is 3.75. The molecule has 1 saturated carbocycles. The number of hydrogen-bond acceptors (Lipinski definition) is 3. The number of hydrogen-bond donors (Lipinski definition) is 2. The molecule has 4 heteroatoms. The van der Waals surface area contributed by atoms with Crippen LogP contribution in [0.1, 0.15) is 26.7 Å². The van der Waals surface area contributed by atoms with Crippen molar-refractivity contribution < 1.29 is 9.90 Å². The van der Waals surface area contributed by atoms with Crippen LogP contribution in [0, 0.1) is 5.92 Å². The Bertz CT molecular complexity index is 206. The molecule has 0 aromatic carbocycles. The van der Waals surface area contributed by atoms with Gasteiger partial charge >= 0.3 is 5.97 Å². The summed E-state index contributed by atoms with van der Waals surface area (Å²) in [6.45, 7) is 4.76. The van der Waals surface area contributed by atoms with Crippen molar-refractivity contribution in [1.82, 2.24) is 5.32 Å². The Morgan fingerprint density at radius 1 is 1.57 bits per heavy atom. The fraction of sp³-hybridized carbons (Fsp3) is 0.900. The van der Waals surface area contributed by atoms with Crippen LogP contribution in [0.25, 0.3) is 0 Å². The first-order chi connectivity index (χ1) is 6.67. The summed E-state index contributed by atoms with van der Waals surface area (Å²) in [5.41, 5.74) is -0.657. The Balaban J connectivity index is 2.67. The van der Waals surface area contributed by atoms with E-state index in [1.165, 1.54) is 0 Å². The summed E-state index contributed by atoms with van der Waals surface area (Å²) >= 11 is 1.71. The first-order valence-electron chi connectivity index (χ1n) is 5.23. The van der Waals surface area contributed by atoms with Crippen molar-refractivity contribution >= 4 is 17.7 Å². The molecule has 1 aliphatic carbocycles. The van der Waals surface area contributed by atoms with Crippen molar-refractivity contribution in [3.8, 4) is 0 Å². The minimum Gasteiger partial charge on any atom is -0.480 e. The zero-order valence-electron chi connectivity index (χ0n) is 8.88. The zero-order chi connectivity index (χ0) is 10.6. The third-order valence-electron chi connectivity index (χ3n) is 2.68. The van der Waals surface area contributed by atoms with Crippen molar-refractivity contribution in [2.75, 3.05) is 18.1 Å². The van der Waals surface area contributed by atoms with Gasteiger partial charge < -0.3 is 10.4 Å². The Kier molecular flexibility index (Phi) is 4.26. The highest BCUT2D eigenvalue weighted by Crippen LogP contribution is 2.41. The van der Waals surface area contributed by atoms with Gasteiger partial charge in [0, 0.05) is 5.75 Å². The molecule has 1 fully saturated rings. The Morgan fingerprint density at radius 2 is 2.21 bits per heavy atom. The molecule has 0 aromatic rings. The number of carboxylic acids is 1. The van der Waals surface area contributed by atoms with Gasteiger partial charge in [0.1, 0.15) is 5.54 Å². The highest BCUT2D eigenvalue weighted by Gasteiger charge is 2.50. The molecule has 1 atom stereocenters. The van der Waals surface area contributed by atoms with Crippen molar-refractivity contribution in [2.24, 2.45) is 5.92 Å². The van der Waals surface area contributed by atoms with Crippen LogP contribution >= 0.6 is 11.8 Å². The van der Waals surface area contributed by atoms with E-state index in [0.29, 0.717) is 11.7 Å². The maximum Gasteiger partial charge on any atom is 0.325 e. The molecule has 0 bridgehead atoms. The lowest BCUT2D eigenvalue weighted by Crippen LogP contribution is -2.56. The molecule has 14 heavy (non-hydrogen) atoms. The lowest BCUT2D eigenvalue weighted by molar-refractivity contribution is -0.144. The smallest absolute Gasteiger partial charge is 0.325 e. The second-order valence-electron chi connectivity index (χ2n) is 3.72. The van der Waals surface area contributed by atoms with Crippen LogP contribution in [-0.4, -0.2) is 34.7 Å². The second kappa shape index (κ2) is 5.03. The van der Waals surface area contributed by atoms with Crippen molar-refractivity contribution in [2.45, 2.75) is 32.2 Å². The van der Waals surface area contributed by atoms with Gasteiger partial charge in [-0.1, -0.05) is 13.8 Å². The quantitative estimate of drug-likeness (QED) is 0.680. The number of aliphatic carboxylic acids is 1. The molecular weight excluding hydrogens is 198 g/mol. The number of carbonyl (C=O) groups is 1. The van der Waals surface area contributed by atoms with Crippen molar-refractivity contribution in [1.29, 1.82) is 0 Å². The van der Waals surface area contributed by atoms with Gasteiger partial charge in [0.25, 0.3) is 0 Å². The normalized spacial score (nSPS) is 20.4. The van der Waals surface area contributed by atoms with Crippen LogP contribution in [0.2, 0.25) is 0 Å². The van der Waals surface area contributed by atoms with Crippen LogP contribution < -0.4 is 5.32 Å². The molecule has 0 saturated heterocycles. The summed E-state index contributed by atoms with van der Waals surface area (Å²) in [5.74, 6) is 1.34. The van der Waals surface area contributed by atoms with E-state index in [1.54, 1.807) is 11.8 Å². The molecule has 2 N–H and O–H groups in total. The molecule has 3 nitrogen and oxygen atoms in total. The van der Waals surface area contributed by atoms with E-state index in [0.717, 1.165) is 25.1 Å². The minimum atomic E-state index is -0.678. The minimum absolute atomic E-state index is 0.346. The molecule has 0 radical (unpaired) electrons. The van der Waals surface area contributed by atoms with E-state index in [-0.39, 0.29) is 0 Å². The Morgan fingerprint density at radius 3 is 2.57 bits per heavy atom. The molecule has 1 rings (SSSR count). The number of rotatable bonds is 7. The predicted molar refractivity (Wildman–Crippen MR) is 59.8 cm³/mol. The molecule has 1 unspecified atom stereocenters. The first kappa shape index (κ1) is 11.9. The SMILES string of the molecule is CCNC(CSCC)(C(=O)O)C1CC1.